The molecule has 0 spiro atoms. The summed E-state index contributed by atoms with van der Waals surface area (Å²) in [4.78, 5) is 14.8. The lowest BCUT2D eigenvalue weighted by Gasteiger charge is -2.05. The van der Waals surface area contributed by atoms with Crippen molar-refractivity contribution in [3.63, 3.8) is 0 Å². The number of nitrogens with one attached hydrogen (secondary N) is 1. The highest BCUT2D eigenvalue weighted by molar-refractivity contribution is 5.80. The van der Waals surface area contributed by atoms with Crippen LogP contribution < -0.4 is 5.69 Å². The molecule has 2 N–H and O–H groups in total. The highest BCUT2D eigenvalue weighted by Crippen LogP contribution is 2.21. The molecule has 3 aromatic rings. The van der Waals surface area contributed by atoms with Gasteiger partial charge in [0.2, 0.25) is 0 Å². The molecule has 0 saturated heterocycles. The van der Waals surface area contributed by atoms with Gasteiger partial charge in [0, 0.05) is 6.07 Å². The van der Waals surface area contributed by atoms with Gasteiger partial charge < -0.3 is 10.1 Å². The Labute approximate surface area is 103 Å². The molecule has 0 aliphatic carbocycles. The van der Waals surface area contributed by atoms with Crippen LogP contribution in [0.5, 0.6) is 5.75 Å². The summed E-state index contributed by atoms with van der Waals surface area (Å²) in [6.45, 7) is 1.95. The average molecular weight is 240 g/mol. The van der Waals surface area contributed by atoms with Crippen LogP contribution >= 0.6 is 0 Å². The maximum Gasteiger partial charge on any atom is 0.331 e. The summed E-state index contributed by atoms with van der Waals surface area (Å²) in [7, 11) is 0. The third-order valence-corrected chi connectivity index (χ3v) is 2.99. The largest absolute Gasteiger partial charge is 0.508 e. The van der Waals surface area contributed by atoms with E-state index in [9.17, 15) is 9.90 Å². The number of benzene rings is 2. The quantitative estimate of drug-likeness (QED) is 0.685. The van der Waals surface area contributed by atoms with Crippen LogP contribution in [0.2, 0.25) is 0 Å². The van der Waals surface area contributed by atoms with E-state index in [2.05, 4.69) is 4.98 Å². The van der Waals surface area contributed by atoms with Crippen molar-refractivity contribution >= 4 is 11.0 Å². The summed E-state index contributed by atoms with van der Waals surface area (Å²) < 4.78 is 1.57. The molecule has 2 aromatic carbocycles. The van der Waals surface area contributed by atoms with E-state index in [1.807, 2.05) is 25.1 Å². The Hall–Kier alpha value is -2.49. The predicted molar refractivity (Wildman–Crippen MR) is 70.3 cm³/mol. The molecule has 0 amide bonds. The second kappa shape index (κ2) is 3.77. The van der Waals surface area contributed by atoms with Crippen molar-refractivity contribution < 1.29 is 5.11 Å². The van der Waals surface area contributed by atoms with E-state index in [1.54, 1.807) is 28.8 Å². The molecule has 4 heteroatoms. The van der Waals surface area contributed by atoms with Gasteiger partial charge in [0.05, 0.1) is 16.7 Å². The Morgan fingerprint density at radius 3 is 2.72 bits per heavy atom. The van der Waals surface area contributed by atoms with Crippen molar-refractivity contribution in [2.45, 2.75) is 6.92 Å². The maximum atomic E-state index is 12.0. The zero-order chi connectivity index (χ0) is 12.7. The van der Waals surface area contributed by atoms with Crippen LogP contribution in [-0.2, 0) is 0 Å². The summed E-state index contributed by atoms with van der Waals surface area (Å²) in [6, 6.07) is 12.4. The predicted octanol–water partition coefficient (Wildman–Crippen LogP) is 2.33. The van der Waals surface area contributed by atoms with Gasteiger partial charge in [-0.2, -0.15) is 0 Å². The van der Waals surface area contributed by atoms with Gasteiger partial charge >= 0.3 is 5.69 Å². The second-order valence-corrected chi connectivity index (χ2v) is 4.26. The number of hydrogen-bond donors (Lipinski definition) is 2. The van der Waals surface area contributed by atoms with Gasteiger partial charge in [-0.25, -0.2) is 4.79 Å². The number of H-pyrrole nitrogens is 1. The van der Waals surface area contributed by atoms with Crippen LogP contribution in [0.25, 0.3) is 16.7 Å². The van der Waals surface area contributed by atoms with E-state index in [1.165, 1.54) is 0 Å². The van der Waals surface area contributed by atoms with E-state index in [-0.39, 0.29) is 11.4 Å². The third kappa shape index (κ3) is 1.50. The number of aromatic hydroxyl groups is 1. The first kappa shape index (κ1) is 10.7. The van der Waals surface area contributed by atoms with Gasteiger partial charge in [0.15, 0.2) is 0 Å². The Morgan fingerprint density at radius 1 is 1.17 bits per heavy atom. The fraction of sp³-hybridized carbons (Fsp3) is 0.0714. The number of aromatic amines is 1. The normalized spacial score (nSPS) is 10.9. The van der Waals surface area contributed by atoms with Gasteiger partial charge in [-0.15, -0.1) is 0 Å². The SMILES string of the molecule is Cc1cccc2[nH]c(=O)n(-c3cccc(O)c3)c12. The van der Waals surface area contributed by atoms with Gasteiger partial charge in [-0.1, -0.05) is 18.2 Å². The fourth-order valence-electron chi connectivity index (χ4n) is 2.21. The van der Waals surface area contributed by atoms with Gasteiger partial charge in [0.25, 0.3) is 0 Å². The zero-order valence-electron chi connectivity index (χ0n) is 9.84. The standard InChI is InChI=1S/C14H12N2O2/c1-9-4-2-7-12-13(9)16(14(18)15-12)10-5-3-6-11(17)8-10/h2-8,17H,1H3,(H,15,18). The average Bonchev–Trinajstić information content (AvgIpc) is 2.67. The minimum Gasteiger partial charge on any atom is -0.508 e. The van der Waals surface area contributed by atoms with Crippen molar-refractivity contribution in [1.29, 1.82) is 0 Å². The molecule has 3 rings (SSSR count). The van der Waals surface area contributed by atoms with Crippen LogP contribution in [0, 0.1) is 6.92 Å². The van der Waals surface area contributed by atoms with Crippen molar-refractivity contribution in [1.82, 2.24) is 9.55 Å². The second-order valence-electron chi connectivity index (χ2n) is 4.26. The number of fused-ring (bicyclic) bond motifs is 1. The highest BCUT2D eigenvalue weighted by Gasteiger charge is 2.10. The van der Waals surface area contributed by atoms with Crippen LogP contribution in [0.4, 0.5) is 0 Å². The molecule has 4 nitrogen and oxygen atoms in total. The van der Waals surface area contributed by atoms with Crippen LogP contribution in [0.3, 0.4) is 0 Å². The van der Waals surface area contributed by atoms with Crippen LogP contribution in [0.1, 0.15) is 5.56 Å². The summed E-state index contributed by atoms with van der Waals surface area (Å²) in [5.41, 5.74) is 3.09. The summed E-state index contributed by atoms with van der Waals surface area (Å²) in [5, 5.41) is 9.52. The van der Waals surface area contributed by atoms with E-state index in [0.29, 0.717) is 5.69 Å². The molecular weight excluding hydrogens is 228 g/mol. The Kier molecular flexibility index (Phi) is 2.23. The number of phenols is 1. The van der Waals surface area contributed by atoms with Crippen molar-refractivity contribution in [3.05, 3.63) is 58.5 Å². The maximum absolute atomic E-state index is 12.0. The van der Waals surface area contributed by atoms with Crippen molar-refractivity contribution in [3.8, 4) is 11.4 Å². The number of nitrogens with zero attached hydrogens (tertiary/aromatic N) is 1. The number of aryl methyl sites for hydroxylation is 1. The first-order chi connectivity index (χ1) is 8.66. The highest BCUT2D eigenvalue weighted by atomic mass is 16.3. The molecule has 0 bridgehead atoms. The molecule has 0 atom stereocenters. The number of aromatic nitrogens is 2. The molecule has 0 aliphatic rings. The van der Waals surface area contributed by atoms with Crippen molar-refractivity contribution in [2.24, 2.45) is 0 Å². The van der Waals surface area contributed by atoms with Gasteiger partial charge in [0.1, 0.15) is 5.75 Å². The minimum absolute atomic E-state index is 0.141. The molecule has 18 heavy (non-hydrogen) atoms. The summed E-state index contributed by atoms with van der Waals surface area (Å²) in [6.07, 6.45) is 0. The number of phenolic OH excluding ortho intramolecular Hbond substituents is 1. The van der Waals surface area contributed by atoms with E-state index >= 15 is 0 Å². The van der Waals surface area contributed by atoms with E-state index in [0.717, 1.165) is 16.6 Å². The molecule has 1 heterocycles. The monoisotopic (exact) mass is 240 g/mol. The number of imidazole rings is 1. The molecule has 0 aliphatic heterocycles. The van der Waals surface area contributed by atoms with Crippen LogP contribution in [0.15, 0.2) is 47.3 Å². The van der Waals surface area contributed by atoms with Gasteiger partial charge in [-0.05, 0) is 30.7 Å². The smallest absolute Gasteiger partial charge is 0.331 e. The summed E-state index contributed by atoms with van der Waals surface area (Å²) in [5.74, 6) is 0.141. The van der Waals surface area contributed by atoms with E-state index in [4.69, 9.17) is 0 Å². The zero-order valence-corrected chi connectivity index (χ0v) is 9.84. The van der Waals surface area contributed by atoms with Crippen LogP contribution in [-0.4, -0.2) is 14.7 Å². The molecule has 0 saturated carbocycles. The molecule has 0 radical (unpaired) electrons. The lowest BCUT2D eigenvalue weighted by Crippen LogP contribution is -2.14. The van der Waals surface area contributed by atoms with E-state index < -0.39 is 0 Å². The Balaban J connectivity index is 2.42. The lowest BCUT2D eigenvalue weighted by molar-refractivity contribution is 0.475. The lowest BCUT2D eigenvalue weighted by atomic mass is 10.2. The summed E-state index contributed by atoms with van der Waals surface area (Å²) >= 11 is 0. The first-order valence-corrected chi connectivity index (χ1v) is 5.66. The Morgan fingerprint density at radius 2 is 1.94 bits per heavy atom. The topological polar surface area (TPSA) is 58.0 Å². The number of hydrogen-bond acceptors (Lipinski definition) is 2. The molecular formula is C14H12N2O2. The molecule has 1 aromatic heterocycles. The number of rotatable bonds is 1. The van der Waals surface area contributed by atoms with Crippen molar-refractivity contribution in [2.75, 3.05) is 0 Å². The minimum atomic E-state index is -0.204. The Bertz CT molecular complexity index is 784. The molecule has 0 unspecified atom stereocenters. The first-order valence-electron chi connectivity index (χ1n) is 5.66. The fourth-order valence-corrected chi connectivity index (χ4v) is 2.21. The third-order valence-electron chi connectivity index (χ3n) is 2.99. The molecule has 90 valence electrons. The molecule has 0 fully saturated rings. The number of para-hydroxylation sites is 1. The van der Waals surface area contributed by atoms with Gasteiger partial charge in [-0.3, -0.25) is 4.57 Å².